The molecule has 0 amide bonds. The van der Waals surface area contributed by atoms with E-state index in [-0.39, 0.29) is 0 Å². The van der Waals surface area contributed by atoms with Gasteiger partial charge in [-0.15, -0.1) is 0 Å². The molecule has 2 aromatic heterocycles. The minimum atomic E-state index is 0.337. The SMILES string of the molecule is Cc1cnc(-n2cccc2C(N)=S)nc1. The Morgan fingerprint density at radius 3 is 2.67 bits per heavy atom. The molecule has 5 heteroatoms. The van der Waals surface area contributed by atoms with Crippen molar-refractivity contribution in [3.63, 3.8) is 0 Å². The molecule has 0 aromatic carbocycles. The highest BCUT2D eigenvalue weighted by atomic mass is 32.1. The number of hydrogen-bond acceptors (Lipinski definition) is 3. The van der Waals surface area contributed by atoms with Crippen molar-refractivity contribution in [1.82, 2.24) is 14.5 Å². The number of hydrogen-bond donors (Lipinski definition) is 1. The first-order valence-electron chi connectivity index (χ1n) is 4.44. The maximum Gasteiger partial charge on any atom is 0.234 e. The third-order valence-electron chi connectivity index (χ3n) is 1.98. The molecular formula is C10H10N4S. The second-order valence-electron chi connectivity index (χ2n) is 3.19. The number of nitrogens with zero attached hydrogens (tertiary/aromatic N) is 3. The van der Waals surface area contributed by atoms with Gasteiger partial charge in [0.15, 0.2) is 0 Å². The molecule has 0 fully saturated rings. The van der Waals surface area contributed by atoms with Gasteiger partial charge in [-0.2, -0.15) is 0 Å². The Kier molecular flexibility index (Phi) is 2.47. The van der Waals surface area contributed by atoms with Crippen LogP contribution >= 0.6 is 12.2 Å². The van der Waals surface area contributed by atoms with Gasteiger partial charge in [0.05, 0.1) is 5.69 Å². The van der Waals surface area contributed by atoms with Crippen LogP contribution in [0.3, 0.4) is 0 Å². The van der Waals surface area contributed by atoms with Crippen LogP contribution in [-0.2, 0) is 0 Å². The molecule has 2 heterocycles. The van der Waals surface area contributed by atoms with Crippen LogP contribution in [0.5, 0.6) is 0 Å². The van der Waals surface area contributed by atoms with Gasteiger partial charge in [0.2, 0.25) is 5.95 Å². The lowest BCUT2D eigenvalue weighted by molar-refractivity contribution is 0.920. The summed E-state index contributed by atoms with van der Waals surface area (Å²) in [5, 5.41) is 0. The Morgan fingerprint density at radius 1 is 1.40 bits per heavy atom. The summed E-state index contributed by atoms with van der Waals surface area (Å²) in [6.45, 7) is 1.94. The zero-order valence-electron chi connectivity index (χ0n) is 8.21. The van der Waals surface area contributed by atoms with Crippen molar-refractivity contribution >= 4 is 17.2 Å². The normalized spacial score (nSPS) is 10.2. The molecule has 0 atom stereocenters. The number of rotatable bonds is 2. The van der Waals surface area contributed by atoms with E-state index in [1.807, 2.05) is 25.3 Å². The fourth-order valence-corrected chi connectivity index (χ4v) is 1.43. The van der Waals surface area contributed by atoms with E-state index < -0.39 is 0 Å². The van der Waals surface area contributed by atoms with Crippen LogP contribution in [0.2, 0.25) is 0 Å². The van der Waals surface area contributed by atoms with Crippen molar-refractivity contribution < 1.29 is 0 Å². The summed E-state index contributed by atoms with van der Waals surface area (Å²) >= 11 is 4.93. The van der Waals surface area contributed by atoms with Crippen molar-refractivity contribution in [3.05, 3.63) is 42.0 Å². The van der Waals surface area contributed by atoms with Crippen LogP contribution in [0.25, 0.3) is 5.95 Å². The van der Waals surface area contributed by atoms with E-state index in [1.54, 1.807) is 17.0 Å². The van der Waals surface area contributed by atoms with Crippen molar-refractivity contribution in [1.29, 1.82) is 0 Å². The average Bonchev–Trinajstić information content (AvgIpc) is 2.67. The lowest BCUT2D eigenvalue weighted by atomic mass is 10.4. The lowest BCUT2D eigenvalue weighted by Gasteiger charge is -2.05. The predicted octanol–water partition coefficient (Wildman–Crippen LogP) is 1.21. The molecule has 0 spiro atoms. The summed E-state index contributed by atoms with van der Waals surface area (Å²) in [6.07, 6.45) is 5.34. The standard InChI is InChI=1S/C10H10N4S/c1-7-5-12-10(13-6-7)14-4-2-3-8(14)9(11)15/h2-6H,1H3,(H2,11,15). The quantitative estimate of drug-likeness (QED) is 0.770. The van der Waals surface area contributed by atoms with Crippen LogP contribution in [0.15, 0.2) is 30.7 Å². The summed E-state index contributed by atoms with van der Waals surface area (Å²) in [6, 6.07) is 3.70. The molecule has 4 nitrogen and oxygen atoms in total. The van der Waals surface area contributed by atoms with E-state index in [1.165, 1.54) is 0 Å². The minimum absolute atomic E-state index is 0.337. The van der Waals surface area contributed by atoms with E-state index in [0.29, 0.717) is 10.9 Å². The summed E-state index contributed by atoms with van der Waals surface area (Å²) in [4.78, 5) is 8.74. The van der Waals surface area contributed by atoms with Gasteiger partial charge in [-0.3, -0.25) is 4.57 Å². The fourth-order valence-electron chi connectivity index (χ4n) is 1.27. The lowest BCUT2D eigenvalue weighted by Crippen LogP contribution is -2.15. The first-order valence-corrected chi connectivity index (χ1v) is 4.85. The molecule has 0 aliphatic carbocycles. The van der Waals surface area contributed by atoms with Gasteiger partial charge in [0.1, 0.15) is 4.99 Å². The van der Waals surface area contributed by atoms with E-state index >= 15 is 0 Å². The Labute approximate surface area is 92.8 Å². The van der Waals surface area contributed by atoms with Crippen LogP contribution in [-0.4, -0.2) is 19.5 Å². The maximum atomic E-state index is 5.58. The van der Waals surface area contributed by atoms with E-state index in [2.05, 4.69) is 9.97 Å². The molecule has 0 saturated heterocycles. The van der Waals surface area contributed by atoms with Crippen LogP contribution in [0.4, 0.5) is 0 Å². The first-order chi connectivity index (χ1) is 7.18. The topological polar surface area (TPSA) is 56.7 Å². The zero-order valence-corrected chi connectivity index (χ0v) is 9.03. The van der Waals surface area contributed by atoms with Crippen molar-refractivity contribution in [2.24, 2.45) is 5.73 Å². The largest absolute Gasteiger partial charge is 0.388 e. The Balaban J connectivity index is 2.49. The van der Waals surface area contributed by atoms with Gasteiger partial charge in [-0.05, 0) is 24.6 Å². The monoisotopic (exact) mass is 218 g/mol. The molecule has 0 bridgehead atoms. The Bertz CT molecular complexity index is 486. The smallest absolute Gasteiger partial charge is 0.234 e. The fraction of sp³-hybridized carbons (Fsp3) is 0.100. The summed E-state index contributed by atoms with van der Waals surface area (Å²) < 4.78 is 1.77. The van der Waals surface area contributed by atoms with Gasteiger partial charge >= 0.3 is 0 Å². The molecule has 2 N–H and O–H groups in total. The van der Waals surface area contributed by atoms with Gasteiger partial charge in [-0.25, -0.2) is 9.97 Å². The second-order valence-corrected chi connectivity index (χ2v) is 3.63. The molecule has 0 unspecified atom stereocenters. The number of aryl methyl sites for hydroxylation is 1. The van der Waals surface area contributed by atoms with Crippen LogP contribution < -0.4 is 5.73 Å². The van der Waals surface area contributed by atoms with Crippen LogP contribution in [0, 0.1) is 6.92 Å². The van der Waals surface area contributed by atoms with Crippen LogP contribution in [0.1, 0.15) is 11.3 Å². The maximum absolute atomic E-state index is 5.58. The van der Waals surface area contributed by atoms with E-state index in [4.69, 9.17) is 18.0 Å². The number of aromatic nitrogens is 3. The highest BCUT2D eigenvalue weighted by molar-refractivity contribution is 7.80. The van der Waals surface area contributed by atoms with Gasteiger partial charge in [0, 0.05) is 18.6 Å². The van der Waals surface area contributed by atoms with Crippen molar-refractivity contribution in [2.45, 2.75) is 6.92 Å². The first kappa shape index (κ1) is 9.79. The molecule has 2 aromatic rings. The zero-order chi connectivity index (χ0) is 10.8. The summed E-state index contributed by atoms with van der Waals surface area (Å²) in [7, 11) is 0. The van der Waals surface area contributed by atoms with Gasteiger partial charge in [-0.1, -0.05) is 12.2 Å². The highest BCUT2D eigenvalue weighted by Gasteiger charge is 2.06. The minimum Gasteiger partial charge on any atom is -0.388 e. The van der Waals surface area contributed by atoms with E-state index in [9.17, 15) is 0 Å². The highest BCUT2D eigenvalue weighted by Crippen LogP contribution is 2.08. The summed E-state index contributed by atoms with van der Waals surface area (Å²) in [5.41, 5.74) is 7.34. The summed E-state index contributed by atoms with van der Waals surface area (Å²) in [5.74, 6) is 0.577. The molecule has 0 aliphatic heterocycles. The second kappa shape index (κ2) is 3.78. The van der Waals surface area contributed by atoms with Gasteiger partial charge < -0.3 is 5.73 Å². The number of nitrogens with two attached hydrogens (primary N) is 1. The predicted molar refractivity (Wildman–Crippen MR) is 62.0 cm³/mol. The third-order valence-corrected chi connectivity index (χ3v) is 2.19. The molecule has 2 rings (SSSR count). The third kappa shape index (κ3) is 1.87. The molecular weight excluding hydrogens is 208 g/mol. The van der Waals surface area contributed by atoms with Crippen molar-refractivity contribution in [2.75, 3.05) is 0 Å². The van der Waals surface area contributed by atoms with Gasteiger partial charge in [0.25, 0.3) is 0 Å². The molecule has 0 radical (unpaired) electrons. The Morgan fingerprint density at radius 2 is 2.07 bits per heavy atom. The molecule has 0 saturated carbocycles. The molecule has 0 aliphatic rings. The Hall–Kier alpha value is -1.75. The molecule has 76 valence electrons. The van der Waals surface area contributed by atoms with E-state index in [0.717, 1.165) is 11.3 Å². The number of thiocarbonyl (C=S) groups is 1. The average molecular weight is 218 g/mol. The molecule has 15 heavy (non-hydrogen) atoms. The van der Waals surface area contributed by atoms with Crippen molar-refractivity contribution in [3.8, 4) is 5.95 Å².